The van der Waals surface area contributed by atoms with Crippen LogP contribution in [0.1, 0.15) is 40.0 Å². The lowest BCUT2D eigenvalue weighted by Crippen LogP contribution is -2.43. The summed E-state index contributed by atoms with van der Waals surface area (Å²) < 4.78 is 0. The van der Waals surface area contributed by atoms with Gasteiger partial charge in [0, 0.05) is 24.3 Å². The van der Waals surface area contributed by atoms with Crippen molar-refractivity contribution in [3.05, 3.63) is 24.3 Å². The van der Waals surface area contributed by atoms with E-state index in [4.69, 9.17) is 0 Å². The maximum absolute atomic E-state index is 12.4. The van der Waals surface area contributed by atoms with Crippen molar-refractivity contribution in [2.45, 2.75) is 46.1 Å². The number of anilines is 2. The summed E-state index contributed by atoms with van der Waals surface area (Å²) in [4.78, 5) is 35.7. The summed E-state index contributed by atoms with van der Waals surface area (Å²) in [5.74, 6) is -0.620. The Balaban J connectivity index is 1.98. The summed E-state index contributed by atoms with van der Waals surface area (Å²) in [7, 11) is 0. The second-order valence-electron chi connectivity index (χ2n) is 6.08. The fraction of sp³-hybridized carbons (Fsp3) is 0.471. The number of carbonyl (C=O) groups is 3. The van der Waals surface area contributed by atoms with Crippen LogP contribution in [0.4, 0.5) is 11.4 Å². The van der Waals surface area contributed by atoms with Crippen molar-refractivity contribution in [2.24, 2.45) is 5.41 Å². The van der Waals surface area contributed by atoms with Crippen LogP contribution >= 0.6 is 0 Å². The van der Waals surface area contributed by atoms with Crippen LogP contribution in [0, 0.1) is 5.41 Å². The van der Waals surface area contributed by atoms with E-state index >= 15 is 0 Å². The fourth-order valence-electron chi connectivity index (χ4n) is 2.24. The van der Waals surface area contributed by atoms with Gasteiger partial charge < -0.3 is 16.0 Å². The Hall–Kier alpha value is -2.37. The average Bonchev–Trinajstić information content (AvgIpc) is 3.30. The Kier molecular flexibility index (Phi) is 5.03. The maximum atomic E-state index is 12.4. The number of hydrogen-bond donors (Lipinski definition) is 3. The molecular weight excluding hydrogens is 294 g/mol. The molecule has 1 fully saturated rings. The van der Waals surface area contributed by atoms with E-state index in [9.17, 15) is 14.4 Å². The number of rotatable bonds is 6. The highest BCUT2D eigenvalue weighted by molar-refractivity contribution is 6.13. The molecule has 2 rings (SSSR count). The Morgan fingerprint density at radius 2 is 1.57 bits per heavy atom. The van der Waals surface area contributed by atoms with Crippen molar-refractivity contribution in [1.29, 1.82) is 0 Å². The van der Waals surface area contributed by atoms with Crippen LogP contribution in [-0.4, -0.2) is 23.8 Å². The van der Waals surface area contributed by atoms with Crippen LogP contribution in [0.3, 0.4) is 0 Å². The largest absolute Gasteiger partial charge is 0.353 e. The molecule has 0 bridgehead atoms. The average molecular weight is 317 g/mol. The number of amides is 3. The van der Waals surface area contributed by atoms with Gasteiger partial charge in [0.1, 0.15) is 5.41 Å². The van der Waals surface area contributed by atoms with Crippen LogP contribution in [0.15, 0.2) is 24.3 Å². The minimum absolute atomic E-state index is 0.0599. The van der Waals surface area contributed by atoms with Gasteiger partial charge in [-0.2, -0.15) is 0 Å². The molecule has 6 heteroatoms. The molecule has 1 aliphatic rings. The molecule has 3 amide bonds. The molecule has 1 atom stereocenters. The van der Waals surface area contributed by atoms with E-state index in [-0.39, 0.29) is 23.8 Å². The number of nitrogens with one attached hydrogen (secondary N) is 3. The second kappa shape index (κ2) is 6.81. The van der Waals surface area contributed by atoms with Crippen LogP contribution < -0.4 is 16.0 Å². The Morgan fingerprint density at radius 3 is 2.00 bits per heavy atom. The highest BCUT2D eigenvalue weighted by Crippen LogP contribution is 2.47. The first-order chi connectivity index (χ1) is 10.9. The van der Waals surface area contributed by atoms with Crippen molar-refractivity contribution in [3.63, 3.8) is 0 Å². The molecule has 0 heterocycles. The Labute approximate surface area is 136 Å². The normalized spacial score (nSPS) is 16.1. The molecule has 1 aliphatic carbocycles. The Bertz CT molecular complexity index is 606. The quantitative estimate of drug-likeness (QED) is 0.703. The van der Waals surface area contributed by atoms with Crippen molar-refractivity contribution in [2.75, 3.05) is 10.6 Å². The number of hydrogen-bond acceptors (Lipinski definition) is 3. The van der Waals surface area contributed by atoms with Gasteiger partial charge in [0.2, 0.25) is 17.7 Å². The summed E-state index contributed by atoms with van der Waals surface area (Å²) in [5, 5.41) is 8.33. The SMILES string of the molecule is CCC(C)NC(=O)C1(C(=O)Nc2ccc(NC(C)=O)cc2)CC1. The first-order valence-electron chi connectivity index (χ1n) is 7.87. The van der Waals surface area contributed by atoms with Crippen LogP contribution in [0.25, 0.3) is 0 Å². The minimum atomic E-state index is -0.931. The highest BCUT2D eigenvalue weighted by Gasteiger charge is 2.56. The zero-order valence-corrected chi connectivity index (χ0v) is 13.7. The highest BCUT2D eigenvalue weighted by atomic mass is 16.2. The molecular formula is C17H23N3O3. The van der Waals surface area contributed by atoms with Crippen molar-refractivity contribution in [3.8, 4) is 0 Å². The van der Waals surface area contributed by atoms with E-state index < -0.39 is 5.41 Å². The van der Waals surface area contributed by atoms with Crippen molar-refractivity contribution < 1.29 is 14.4 Å². The molecule has 1 aromatic carbocycles. The summed E-state index contributed by atoms with van der Waals surface area (Å²) in [5.41, 5.74) is 0.331. The standard InChI is InChI=1S/C17H23N3O3/c1-4-11(2)18-15(22)17(9-10-17)16(23)20-14-7-5-13(6-8-14)19-12(3)21/h5-8,11H,4,9-10H2,1-3H3,(H,18,22)(H,19,21)(H,20,23). The summed E-state index contributed by atoms with van der Waals surface area (Å²) in [6, 6.07) is 6.87. The lowest BCUT2D eigenvalue weighted by molar-refractivity contribution is -0.134. The molecule has 1 unspecified atom stereocenters. The molecule has 1 aromatic rings. The van der Waals surface area contributed by atoms with Gasteiger partial charge in [-0.3, -0.25) is 14.4 Å². The van der Waals surface area contributed by atoms with Gasteiger partial charge >= 0.3 is 0 Å². The topological polar surface area (TPSA) is 87.3 Å². The van der Waals surface area contributed by atoms with E-state index in [1.54, 1.807) is 24.3 Å². The van der Waals surface area contributed by atoms with Gasteiger partial charge in [-0.15, -0.1) is 0 Å². The first-order valence-corrected chi connectivity index (χ1v) is 7.87. The predicted octanol–water partition coefficient (Wildman–Crippen LogP) is 2.28. The maximum Gasteiger partial charge on any atom is 0.240 e. The van der Waals surface area contributed by atoms with Crippen LogP contribution in [-0.2, 0) is 14.4 Å². The zero-order chi connectivity index (χ0) is 17.0. The molecule has 3 N–H and O–H groups in total. The molecule has 6 nitrogen and oxygen atoms in total. The van der Waals surface area contributed by atoms with Crippen LogP contribution in [0.2, 0.25) is 0 Å². The number of carbonyl (C=O) groups excluding carboxylic acids is 3. The lowest BCUT2D eigenvalue weighted by atomic mass is 10.0. The van der Waals surface area contributed by atoms with Gasteiger partial charge in [0.25, 0.3) is 0 Å². The van der Waals surface area contributed by atoms with E-state index in [0.717, 1.165) is 6.42 Å². The van der Waals surface area contributed by atoms with Gasteiger partial charge in [-0.1, -0.05) is 6.92 Å². The molecule has 124 valence electrons. The fourth-order valence-corrected chi connectivity index (χ4v) is 2.24. The third-order valence-corrected chi connectivity index (χ3v) is 4.07. The number of benzene rings is 1. The van der Waals surface area contributed by atoms with Gasteiger partial charge in [0.05, 0.1) is 0 Å². The lowest BCUT2D eigenvalue weighted by Gasteiger charge is -2.18. The monoisotopic (exact) mass is 317 g/mol. The molecule has 0 aliphatic heterocycles. The molecule has 23 heavy (non-hydrogen) atoms. The van der Waals surface area contributed by atoms with Crippen LogP contribution in [0.5, 0.6) is 0 Å². The van der Waals surface area contributed by atoms with Crippen molar-refractivity contribution in [1.82, 2.24) is 5.32 Å². The molecule has 0 radical (unpaired) electrons. The smallest absolute Gasteiger partial charge is 0.240 e. The molecule has 0 spiro atoms. The first kappa shape index (κ1) is 17.0. The second-order valence-corrected chi connectivity index (χ2v) is 6.08. The minimum Gasteiger partial charge on any atom is -0.353 e. The van der Waals surface area contributed by atoms with Crippen molar-refractivity contribution >= 4 is 29.1 Å². The van der Waals surface area contributed by atoms with E-state index in [2.05, 4.69) is 16.0 Å². The summed E-state index contributed by atoms with van der Waals surface area (Å²) in [6.07, 6.45) is 1.98. The molecule has 0 aromatic heterocycles. The molecule has 1 saturated carbocycles. The third-order valence-electron chi connectivity index (χ3n) is 4.07. The molecule has 0 saturated heterocycles. The van der Waals surface area contributed by atoms with E-state index in [1.807, 2.05) is 13.8 Å². The zero-order valence-electron chi connectivity index (χ0n) is 13.7. The Morgan fingerprint density at radius 1 is 1.04 bits per heavy atom. The van der Waals surface area contributed by atoms with E-state index in [1.165, 1.54) is 6.92 Å². The summed E-state index contributed by atoms with van der Waals surface area (Å²) >= 11 is 0. The third kappa shape index (κ3) is 4.09. The summed E-state index contributed by atoms with van der Waals surface area (Å²) in [6.45, 7) is 5.34. The van der Waals surface area contributed by atoms with E-state index in [0.29, 0.717) is 24.2 Å². The van der Waals surface area contributed by atoms with Gasteiger partial charge in [-0.25, -0.2) is 0 Å². The predicted molar refractivity (Wildman–Crippen MR) is 88.9 cm³/mol. The van der Waals surface area contributed by atoms with Gasteiger partial charge in [-0.05, 0) is 50.5 Å². The van der Waals surface area contributed by atoms with Gasteiger partial charge in [0.15, 0.2) is 0 Å².